The van der Waals surface area contributed by atoms with Gasteiger partial charge >= 0.3 is 6.03 Å². The van der Waals surface area contributed by atoms with Crippen LogP contribution in [-0.2, 0) is 6.54 Å². The largest absolute Gasteiger partial charge is 0.454 e. The highest BCUT2D eigenvalue weighted by Crippen LogP contribution is 2.40. The van der Waals surface area contributed by atoms with Gasteiger partial charge in [-0.15, -0.1) is 11.3 Å². The third-order valence-electron chi connectivity index (χ3n) is 4.39. The van der Waals surface area contributed by atoms with Crippen molar-refractivity contribution in [1.82, 2.24) is 10.2 Å². The molecule has 2 aromatic rings. The number of nitrogens with zero attached hydrogens (tertiary/aromatic N) is 1. The third-order valence-corrected chi connectivity index (χ3v) is 6.60. The second-order valence-corrected chi connectivity index (χ2v) is 8.33. The van der Waals surface area contributed by atoms with E-state index < -0.39 is 0 Å². The van der Waals surface area contributed by atoms with Crippen molar-refractivity contribution in [2.24, 2.45) is 0 Å². The van der Waals surface area contributed by atoms with E-state index in [-0.39, 0.29) is 6.03 Å². The Balaban J connectivity index is 1.34. The van der Waals surface area contributed by atoms with Gasteiger partial charge in [-0.3, -0.25) is 0 Å². The van der Waals surface area contributed by atoms with E-state index in [4.69, 9.17) is 9.47 Å². The van der Waals surface area contributed by atoms with Crippen LogP contribution in [0.25, 0.3) is 0 Å². The molecule has 1 saturated heterocycles. The summed E-state index contributed by atoms with van der Waals surface area (Å²) in [6.45, 7) is 2.45. The molecule has 0 bridgehead atoms. The van der Waals surface area contributed by atoms with Crippen molar-refractivity contribution >= 4 is 29.1 Å². The molecule has 1 fully saturated rings. The predicted octanol–water partition coefficient (Wildman–Crippen LogP) is 3.87. The zero-order valence-electron chi connectivity index (χ0n) is 13.8. The van der Waals surface area contributed by atoms with Gasteiger partial charge in [0.15, 0.2) is 11.5 Å². The maximum atomic E-state index is 12.4. The molecule has 2 aliphatic rings. The average molecular weight is 377 g/mol. The minimum absolute atomic E-state index is 0.0281. The summed E-state index contributed by atoms with van der Waals surface area (Å²) in [7, 11) is 0. The van der Waals surface area contributed by atoms with Crippen molar-refractivity contribution in [2.75, 3.05) is 25.6 Å². The molecule has 0 spiro atoms. The number of rotatable bonds is 3. The monoisotopic (exact) mass is 376 g/mol. The van der Waals surface area contributed by atoms with E-state index in [0.717, 1.165) is 36.8 Å². The molecule has 132 valence electrons. The molecule has 5 nitrogen and oxygen atoms in total. The topological polar surface area (TPSA) is 50.8 Å². The van der Waals surface area contributed by atoms with E-state index in [2.05, 4.69) is 17.4 Å². The average Bonchev–Trinajstić information content (AvgIpc) is 3.26. The number of carbonyl (C=O) groups is 1. The fourth-order valence-corrected chi connectivity index (χ4v) is 4.91. The number of urea groups is 1. The number of hydrogen-bond donors (Lipinski definition) is 1. The van der Waals surface area contributed by atoms with Gasteiger partial charge in [-0.2, -0.15) is 11.8 Å². The Kier molecular flexibility index (Phi) is 5.03. The molecule has 1 atom stereocenters. The van der Waals surface area contributed by atoms with Crippen LogP contribution in [0.4, 0.5) is 4.79 Å². The molecular formula is C18H20N2O3S2. The lowest BCUT2D eigenvalue weighted by Crippen LogP contribution is -2.40. The molecule has 0 saturated carbocycles. The number of thiophene rings is 1. The smallest absolute Gasteiger partial charge is 0.317 e. The minimum Gasteiger partial charge on any atom is -0.454 e. The summed E-state index contributed by atoms with van der Waals surface area (Å²) in [5, 5.41) is 5.43. The van der Waals surface area contributed by atoms with Crippen LogP contribution in [0.15, 0.2) is 35.7 Å². The molecule has 0 radical (unpaired) electrons. The fraction of sp³-hybridized carbons (Fsp3) is 0.389. The summed E-state index contributed by atoms with van der Waals surface area (Å²) in [5.41, 5.74) is 1.25. The Bertz CT molecular complexity index is 736. The van der Waals surface area contributed by atoms with Crippen LogP contribution in [0.3, 0.4) is 0 Å². The molecule has 25 heavy (non-hydrogen) atoms. The number of amides is 2. The Morgan fingerprint density at radius 1 is 1.24 bits per heavy atom. The van der Waals surface area contributed by atoms with Gasteiger partial charge in [-0.05, 0) is 35.6 Å². The summed E-state index contributed by atoms with van der Waals surface area (Å²) in [5.74, 6) is 2.58. The van der Waals surface area contributed by atoms with Crippen molar-refractivity contribution in [3.05, 3.63) is 46.2 Å². The Hall–Kier alpha value is -1.86. The van der Waals surface area contributed by atoms with E-state index in [9.17, 15) is 4.79 Å². The van der Waals surface area contributed by atoms with E-state index in [1.54, 1.807) is 11.3 Å². The second kappa shape index (κ2) is 7.58. The summed E-state index contributed by atoms with van der Waals surface area (Å²) in [6.07, 6.45) is 0.941. The van der Waals surface area contributed by atoms with E-state index in [0.29, 0.717) is 18.6 Å². The summed E-state index contributed by atoms with van der Waals surface area (Å²) < 4.78 is 10.9. The van der Waals surface area contributed by atoms with Gasteiger partial charge in [0, 0.05) is 29.0 Å². The number of hydrogen-bond acceptors (Lipinski definition) is 5. The van der Waals surface area contributed by atoms with Crippen LogP contribution < -0.4 is 14.8 Å². The first-order chi connectivity index (χ1) is 12.3. The number of thioether (sulfide) groups is 1. The summed E-state index contributed by atoms with van der Waals surface area (Å²) in [6, 6.07) is 10.2. The van der Waals surface area contributed by atoms with Gasteiger partial charge in [0.1, 0.15) is 0 Å². The Labute approximate surface area is 155 Å². The zero-order valence-corrected chi connectivity index (χ0v) is 15.4. The molecule has 2 aliphatic heterocycles. The zero-order chi connectivity index (χ0) is 17.1. The van der Waals surface area contributed by atoms with E-state index in [1.807, 2.05) is 40.2 Å². The molecule has 1 unspecified atom stereocenters. The number of ether oxygens (including phenoxy) is 2. The van der Waals surface area contributed by atoms with Crippen LogP contribution in [0.2, 0.25) is 0 Å². The van der Waals surface area contributed by atoms with Gasteiger partial charge in [-0.25, -0.2) is 4.79 Å². The lowest BCUT2D eigenvalue weighted by molar-refractivity contribution is 0.174. The standard InChI is InChI=1S/C18H20N2O3S2/c21-18(19-11-14-2-1-8-24-14)20-6-5-17(25-9-7-20)13-3-4-15-16(10-13)23-12-22-15/h1-4,8,10,17H,5-7,9,11-12H2,(H,19,21). The maximum absolute atomic E-state index is 12.4. The second-order valence-electron chi connectivity index (χ2n) is 5.99. The lowest BCUT2D eigenvalue weighted by Gasteiger charge is -2.20. The Morgan fingerprint density at radius 3 is 3.04 bits per heavy atom. The van der Waals surface area contributed by atoms with Crippen LogP contribution in [0.5, 0.6) is 11.5 Å². The van der Waals surface area contributed by atoms with Crippen molar-refractivity contribution in [3.63, 3.8) is 0 Å². The van der Waals surface area contributed by atoms with Crippen LogP contribution in [0, 0.1) is 0 Å². The minimum atomic E-state index is 0.0281. The van der Waals surface area contributed by atoms with Crippen molar-refractivity contribution in [1.29, 1.82) is 0 Å². The molecule has 3 heterocycles. The first kappa shape index (κ1) is 16.6. The normalized spacial score (nSPS) is 19.5. The lowest BCUT2D eigenvalue weighted by atomic mass is 10.1. The molecule has 1 N–H and O–H groups in total. The van der Waals surface area contributed by atoms with Gasteiger partial charge in [0.05, 0.1) is 6.54 Å². The van der Waals surface area contributed by atoms with Crippen molar-refractivity contribution < 1.29 is 14.3 Å². The van der Waals surface area contributed by atoms with E-state index >= 15 is 0 Å². The van der Waals surface area contributed by atoms with Gasteiger partial charge in [0.2, 0.25) is 6.79 Å². The molecule has 7 heteroatoms. The highest BCUT2D eigenvalue weighted by molar-refractivity contribution is 7.99. The maximum Gasteiger partial charge on any atom is 0.317 e. The molecule has 4 rings (SSSR count). The summed E-state index contributed by atoms with van der Waals surface area (Å²) in [4.78, 5) is 15.5. The number of benzene rings is 1. The molecule has 2 amide bonds. The van der Waals surface area contributed by atoms with E-state index in [1.165, 1.54) is 10.4 Å². The molecule has 1 aromatic carbocycles. The van der Waals surface area contributed by atoms with Gasteiger partial charge < -0.3 is 19.7 Å². The number of carbonyl (C=O) groups excluding carboxylic acids is 1. The Morgan fingerprint density at radius 2 is 2.16 bits per heavy atom. The van der Waals surface area contributed by atoms with Crippen LogP contribution >= 0.6 is 23.1 Å². The molecule has 0 aliphatic carbocycles. The van der Waals surface area contributed by atoms with Crippen molar-refractivity contribution in [2.45, 2.75) is 18.2 Å². The van der Waals surface area contributed by atoms with Gasteiger partial charge in [-0.1, -0.05) is 12.1 Å². The first-order valence-electron chi connectivity index (χ1n) is 8.36. The quantitative estimate of drug-likeness (QED) is 0.884. The summed E-state index contributed by atoms with van der Waals surface area (Å²) >= 11 is 3.57. The first-order valence-corrected chi connectivity index (χ1v) is 10.3. The SMILES string of the molecule is O=C(NCc1cccs1)N1CCSC(c2ccc3c(c2)OCO3)CC1. The number of nitrogens with one attached hydrogen (secondary N) is 1. The van der Waals surface area contributed by atoms with Crippen LogP contribution in [0.1, 0.15) is 22.1 Å². The predicted molar refractivity (Wildman–Crippen MR) is 101 cm³/mol. The molecule has 1 aromatic heterocycles. The van der Waals surface area contributed by atoms with Gasteiger partial charge in [0.25, 0.3) is 0 Å². The van der Waals surface area contributed by atoms with Crippen molar-refractivity contribution in [3.8, 4) is 11.5 Å². The highest BCUT2D eigenvalue weighted by Gasteiger charge is 2.23. The third kappa shape index (κ3) is 3.88. The molecular weight excluding hydrogens is 356 g/mol. The van der Waals surface area contributed by atoms with Crippen LogP contribution in [-0.4, -0.2) is 36.6 Å². The fourth-order valence-electron chi connectivity index (χ4n) is 3.04. The highest BCUT2D eigenvalue weighted by atomic mass is 32.2. The number of fused-ring (bicyclic) bond motifs is 1.